The Labute approximate surface area is 172 Å². The van der Waals surface area contributed by atoms with Gasteiger partial charge in [-0.3, -0.25) is 9.69 Å². The van der Waals surface area contributed by atoms with Gasteiger partial charge in [-0.15, -0.1) is 13.2 Å². The Kier molecular flexibility index (Phi) is 5.48. The van der Waals surface area contributed by atoms with Crippen LogP contribution in [0.5, 0.6) is 11.5 Å². The summed E-state index contributed by atoms with van der Waals surface area (Å²) in [6, 6.07) is 9.38. The van der Waals surface area contributed by atoms with E-state index in [0.29, 0.717) is 21.3 Å². The summed E-state index contributed by atoms with van der Waals surface area (Å²) in [4.78, 5) is 26.4. The molecule has 1 aliphatic heterocycles. The number of methoxy groups -OCH3 is 1. The molecule has 1 fully saturated rings. The van der Waals surface area contributed by atoms with Gasteiger partial charge in [-0.2, -0.15) is 0 Å². The molecule has 0 aliphatic carbocycles. The number of hydrogen-bond donors (Lipinski definition) is 1. The van der Waals surface area contributed by atoms with Crippen molar-refractivity contribution in [1.82, 2.24) is 10.2 Å². The molecule has 0 saturated carbocycles. The summed E-state index contributed by atoms with van der Waals surface area (Å²) in [7, 11) is 1.52. The third-order valence-electron chi connectivity index (χ3n) is 4.50. The average Bonchev–Trinajstić information content (AvgIpc) is 2.85. The van der Waals surface area contributed by atoms with Gasteiger partial charge in [-0.1, -0.05) is 18.2 Å². The van der Waals surface area contributed by atoms with E-state index in [4.69, 9.17) is 4.74 Å². The maximum Gasteiger partial charge on any atom is 0.573 e. The van der Waals surface area contributed by atoms with Gasteiger partial charge in [0.1, 0.15) is 17.0 Å². The third kappa shape index (κ3) is 4.31. The zero-order valence-electron chi connectivity index (χ0n) is 15.3. The lowest BCUT2D eigenvalue weighted by atomic mass is 9.92. The van der Waals surface area contributed by atoms with Crippen LogP contribution in [0.1, 0.15) is 18.1 Å². The standard InChI is InChI=1S/C19H16BrF3N2O4/c1-18(12-4-6-13(7-5-12)29-19(21,22)23)16(26)25(17(27)24-18)10-11-3-8-15(28-2)14(20)9-11/h3-9H,10H2,1-2H3,(H,24,27). The monoisotopic (exact) mass is 472 g/mol. The molecule has 3 rings (SSSR count). The summed E-state index contributed by atoms with van der Waals surface area (Å²) in [6.45, 7) is 1.52. The van der Waals surface area contributed by atoms with Gasteiger partial charge in [0.2, 0.25) is 0 Å². The topological polar surface area (TPSA) is 67.9 Å². The molecule has 0 radical (unpaired) electrons. The van der Waals surface area contributed by atoms with E-state index in [0.717, 1.165) is 17.0 Å². The maximum atomic E-state index is 13.0. The lowest BCUT2D eigenvalue weighted by molar-refractivity contribution is -0.274. The molecular weight excluding hydrogens is 457 g/mol. The van der Waals surface area contributed by atoms with Crippen molar-refractivity contribution >= 4 is 27.9 Å². The number of ether oxygens (including phenoxy) is 2. The molecule has 1 N–H and O–H groups in total. The number of carbonyl (C=O) groups is 2. The zero-order chi connectivity index (χ0) is 21.4. The summed E-state index contributed by atoms with van der Waals surface area (Å²) in [6.07, 6.45) is -4.81. The van der Waals surface area contributed by atoms with Crippen molar-refractivity contribution in [2.24, 2.45) is 0 Å². The summed E-state index contributed by atoms with van der Waals surface area (Å²) in [5.41, 5.74) is -0.375. The number of imide groups is 1. The average molecular weight is 473 g/mol. The van der Waals surface area contributed by atoms with Crippen LogP contribution in [-0.4, -0.2) is 30.3 Å². The number of halogens is 4. The minimum Gasteiger partial charge on any atom is -0.496 e. The number of nitrogens with zero attached hydrogens (tertiary/aromatic N) is 1. The van der Waals surface area contributed by atoms with E-state index in [1.54, 1.807) is 18.2 Å². The molecule has 29 heavy (non-hydrogen) atoms. The maximum absolute atomic E-state index is 13.0. The highest BCUT2D eigenvalue weighted by molar-refractivity contribution is 9.10. The van der Waals surface area contributed by atoms with Crippen molar-refractivity contribution in [1.29, 1.82) is 0 Å². The van der Waals surface area contributed by atoms with E-state index in [2.05, 4.69) is 26.0 Å². The SMILES string of the molecule is COc1ccc(CN2C(=O)NC(C)(c3ccc(OC(F)(F)F)cc3)C2=O)cc1Br. The minimum absolute atomic E-state index is 0.0259. The van der Waals surface area contributed by atoms with Gasteiger partial charge in [0.15, 0.2) is 0 Å². The van der Waals surface area contributed by atoms with E-state index in [-0.39, 0.29) is 6.54 Å². The van der Waals surface area contributed by atoms with Gasteiger partial charge >= 0.3 is 12.4 Å². The molecule has 2 aromatic carbocycles. The second-order valence-corrected chi connectivity index (χ2v) is 7.34. The van der Waals surface area contributed by atoms with Crippen molar-refractivity contribution in [3.63, 3.8) is 0 Å². The number of urea groups is 1. The molecule has 10 heteroatoms. The summed E-state index contributed by atoms with van der Waals surface area (Å²) < 4.78 is 46.6. The number of alkyl halides is 3. The summed E-state index contributed by atoms with van der Waals surface area (Å²) in [5, 5.41) is 2.61. The van der Waals surface area contributed by atoms with Gasteiger partial charge in [-0.05, 0) is 58.2 Å². The second-order valence-electron chi connectivity index (χ2n) is 6.49. The van der Waals surface area contributed by atoms with Crippen LogP contribution < -0.4 is 14.8 Å². The largest absolute Gasteiger partial charge is 0.573 e. The number of carbonyl (C=O) groups excluding carboxylic acids is 2. The van der Waals surface area contributed by atoms with Gasteiger partial charge in [0, 0.05) is 0 Å². The third-order valence-corrected chi connectivity index (χ3v) is 5.12. The predicted octanol–water partition coefficient (Wildman–Crippen LogP) is 4.32. The first-order chi connectivity index (χ1) is 13.5. The highest BCUT2D eigenvalue weighted by atomic mass is 79.9. The molecule has 154 valence electrons. The summed E-state index contributed by atoms with van der Waals surface area (Å²) >= 11 is 3.35. The first kappa shape index (κ1) is 21.0. The number of nitrogens with one attached hydrogen (secondary N) is 1. The lowest BCUT2D eigenvalue weighted by Gasteiger charge is -2.22. The van der Waals surface area contributed by atoms with Crippen LogP contribution in [0.2, 0.25) is 0 Å². The molecule has 1 heterocycles. The zero-order valence-corrected chi connectivity index (χ0v) is 16.9. The van der Waals surface area contributed by atoms with Crippen molar-refractivity contribution in [3.8, 4) is 11.5 Å². The van der Waals surface area contributed by atoms with Crippen LogP contribution in [-0.2, 0) is 16.9 Å². The normalized spacial score (nSPS) is 19.3. The van der Waals surface area contributed by atoms with E-state index < -0.39 is 29.6 Å². The first-order valence-corrected chi connectivity index (χ1v) is 9.15. The highest BCUT2D eigenvalue weighted by Gasteiger charge is 2.49. The van der Waals surface area contributed by atoms with Crippen LogP contribution in [0, 0.1) is 0 Å². The smallest absolute Gasteiger partial charge is 0.496 e. The number of hydrogen-bond acceptors (Lipinski definition) is 4. The molecule has 3 amide bonds. The van der Waals surface area contributed by atoms with Crippen molar-refractivity contribution in [3.05, 3.63) is 58.1 Å². The fourth-order valence-corrected chi connectivity index (χ4v) is 3.61. The lowest BCUT2D eigenvalue weighted by Crippen LogP contribution is -2.40. The Morgan fingerprint density at radius 1 is 1.14 bits per heavy atom. The number of benzene rings is 2. The highest BCUT2D eigenvalue weighted by Crippen LogP contribution is 2.33. The second kappa shape index (κ2) is 7.58. The molecule has 0 bridgehead atoms. The Morgan fingerprint density at radius 2 is 1.79 bits per heavy atom. The molecule has 6 nitrogen and oxygen atoms in total. The van der Waals surface area contributed by atoms with Crippen molar-refractivity contribution in [2.75, 3.05) is 7.11 Å². The molecule has 1 saturated heterocycles. The molecule has 0 aromatic heterocycles. The van der Waals surface area contributed by atoms with Crippen LogP contribution in [0.15, 0.2) is 46.9 Å². The van der Waals surface area contributed by atoms with Crippen LogP contribution >= 0.6 is 15.9 Å². The predicted molar refractivity (Wildman–Crippen MR) is 100 cm³/mol. The van der Waals surface area contributed by atoms with Gasteiger partial charge in [0.25, 0.3) is 5.91 Å². The molecule has 0 spiro atoms. The quantitative estimate of drug-likeness (QED) is 0.657. The van der Waals surface area contributed by atoms with Gasteiger partial charge in [-0.25, -0.2) is 4.79 Å². The molecule has 1 unspecified atom stereocenters. The Balaban J connectivity index is 1.81. The van der Waals surface area contributed by atoms with Crippen molar-refractivity contribution < 1.29 is 32.2 Å². The van der Waals surface area contributed by atoms with Crippen LogP contribution in [0.4, 0.5) is 18.0 Å². The van der Waals surface area contributed by atoms with Gasteiger partial charge in [0.05, 0.1) is 18.1 Å². The van der Waals surface area contributed by atoms with E-state index in [1.165, 1.54) is 26.2 Å². The van der Waals surface area contributed by atoms with Crippen molar-refractivity contribution in [2.45, 2.75) is 25.4 Å². The summed E-state index contributed by atoms with van der Waals surface area (Å²) in [5.74, 6) is -0.322. The Morgan fingerprint density at radius 3 is 2.34 bits per heavy atom. The first-order valence-electron chi connectivity index (χ1n) is 8.36. The van der Waals surface area contributed by atoms with E-state index in [1.807, 2.05) is 0 Å². The van der Waals surface area contributed by atoms with E-state index in [9.17, 15) is 22.8 Å². The Bertz CT molecular complexity index is 949. The number of amides is 3. The molecule has 2 aromatic rings. The fourth-order valence-electron chi connectivity index (χ4n) is 3.02. The fraction of sp³-hybridized carbons (Fsp3) is 0.263. The van der Waals surface area contributed by atoms with E-state index >= 15 is 0 Å². The Hall–Kier alpha value is -2.75. The molecule has 1 aliphatic rings. The van der Waals surface area contributed by atoms with Crippen LogP contribution in [0.3, 0.4) is 0 Å². The minimum atomic E-state index is -4.81. The molecular formula is C19H16BrF3N2O4. The molecule has 1 atom stereocenters. The number of rotatable bonds is 5. The van der Waals surface area contributed by atoms with Gasteiger partial charge < -0.3 is 14.8 Å². The van der Waals surface area contributed by atoms with Crippen LogP contribution in [0.25, 0.3) is 0 Å².